The van der Waals surface area contributed by atoms with E-state index in [2.05, 4.69) is 9.97 Å². The molecule has 20 heavy (non-hydrogen) atoms. The zero-order valence-corrected chi connectivity index (χ0v) is 11.6. The fourth-order valence-electron chi connectivity index (χ4n) is 2.17. The zero-order valence-electron chi connectivity index (χ0n) is 10.8. The maximum atomic E-state index is 11.3. The summed E-state index contributed by atoms with van der Waals surface area (Å²) in [7, 11) is 1.63. The monoisotopic (exact) mass is 288 g/mol. The Kier molecular flexibility index (Phi) is 3.24. The van der Waals surface area contributed by atoms with E-state index in [0.29, 0.717) is 0 Å². The Balaban J connectivity index is 1.97. The number of hydrogen-bond acceptors (Lipinski definition) is 2. The van der Waals surface area contributed by atoms with Gasteiger partial charge in [-0.3, -0.25) is 0 Å². The molecule has 0 aliphatic carbocycles. The summed E-state index contributed by atoms with van der Waals surface area (Å²) in [6.45, 7) is 0. The normalized spacial score (nSPS) is 12.5. The van der Waals surface area contributed by atoms with Crippen molar-refractivity contribution >= 4 is 22.6 Å². The number of ether oxygens (including phenoxy) is 1. The highest BCUT2D eigenvalue weighted by molar-refractivity contribution is 6.22. The van der Waals surface area contributed by atoms with Gasteiger partial charge in [-0.2, -0.15) is 0 Å². The van der Waals surface area contributed by atoms with E-state index in [1.165, 1.54) is 0 Å². The first-order valence-corrected chi connectivity index (χ1v) is 6.61. The van der Waals surface area contributed by atoms with Crippen LogP contribution in [0.5, 0.6) is 5.75 Å². The molecule has 2 aromatic carbocycles. The number of nitrogens with one attached hydrogen (secondary N) is 2. The molecule has 3 aromatic rings. The molecule has 1 unspecified atom stereocenters. The van der Waals surface area contributed by atoms with Gasteiger partial charge in [0.2, 0.25) is 0 Å². The number of methoxy groups -OCH3 is 1. The van der Waals surface area contributed by atoms with Crippen LogP contribution in [0.4, 0.5) is 0 Å². The van der Waals surface area contributed by atoms with Crippen LogP contribution < -0.4 is 10.4 Å². The second-order valence-electron chi connectivity index (χ2n) is 4.52. The molecule has 1 heterocycles. The Hall–Kier alpha value is -2.20. The molecule has 4 nitrogen and oxygen atoms in total. The molecule has 1 aromatic heterocycles. The molecule has 0 spiro atoms. The van der Waals surface area contributed by atoms with Gasteiger partial charge in [-0.05, 0) is 35.4 Å². The number of aromatic amines is 2. The summed E-state index contributed by atoms with van der Waals surface area (Å²) in [6.07, 6.45) is 0. The summed E-state index contributed by atoms with van der Waals surface area (Å²) in [6, 6.07) is 13.3. The first-order chi connectivity index (χ1) is 9.67. The quantitative estimate of drug-likeness (QED) is 0.727. The van der Waals surface area contributed by atoms with Gasteiger partial charge in [0.1, 0.15) is 5.75 Å². The molecule has 0 saturated carbocycles. The second-order valence-corrected chi connectivity index (χ2v) is 4.96. The van der Waals surface area contributed by atoms with Gasteiger partial charge in [0.15, 0.2) is 0 Å². The molecule has 3 rings (SSSR count). The van der Waals surface area contributed by atoms with E-state index in [4.69, 9.17) is 16.3 Å². The molecule has 5 heteroatoms. The highest BCUT2D eigenvalue weighted by Gasteiger charge is 2.12. The van der Waals surface area contributed by atoms with E-state index in [9.17, 15) is 4.79 Å². The van der Waals surface area contributed by atoms with Crippen LogP contribution in [0.1, 0.15) is 16.5 Å². The van der Waals surface area contributed by atoms with E-state index >= 15 is 0 Å². The maximum Gasteiger partial charge on any atom is 0.323 e. The van der Waals surface area contributed by atoms with Crippen molar-refractivity contribution in [2.24, 2.45) is 0 Å². The van der Waals surface area contributed by atoms with E-state index in [-0.39, 0.29) is 11.1 Å². The Bertz CT molecular complexity index is 789. The van der Waals surface area contributed by atoms with Crippen molar-refractivity contribution in [3.63, 3.8) is 0 Å². The molecule has 2 N–H and O–H groups in total. The highest BCUT2D eigenvalue weighted by Crippen LogP contribution is 2.30. The number of hydrogen-bond donors (Lipinski definition) is 2. The smallest absolute Gasteiger partial charge is 0.323 e. The van der Waals surface area contributed by atoms with Crippen molar-refractivity contribution < 1.29 is 4.74 Å². The molecule has 0 fully saturated rings. The zero-order chi connectivity index (χ0) is 14.1. The van der Waals surface area contributed by atoms with E-state index < -0.39 is 0 Å². The molecule has 0 radical (unpaired) electrons. The first kappa shape index (κ1) is 12.8. The summed E-state index contributed by atoms with van der Waals surface area (Å²) >= 11 is 6.49. The fraction of sp³-hybridized carbons (Fsp3) is 0.133. The topological polar surface area (TPSA) is 57.9 Å². The van der Waals surface area contributed by atoms with Crippen molar-refractivity contribution in [1.29, 1.82) is 0 Å². The van der Waals surface area contributed by atoms with Gasteiger partial charge >= 0.3 is 5.69 Å². The SMILES string of the molecule is COc1ccc(C(Cl)c2ccc3[nH]c(=O)[nH]c3c2)cc1. The fourth-order valence-corrected chi connectivity index (χ4v) is 2.45. The number of H-pyrrole nitrogens is 2. The van der Waals surface area contributed by atoms with Gasteiger partial charge in [-0.1, -0.05) is 18.2 Å². The highest BCUT2D eigenvalue weighted by atomic mass is 35.5. The number of aromatic nitrogens is 2. The minimum atomic E-state index is -0.274. The lowest BCUT2D eigenvalue weighted by molar-refractivity contribution is 0.414. The summed E-state index contributed by atoms with van der Waals surface area (Å²) < 4.78 is 5.13. The van der Waals surface area contributed by atoms with Crippen LogP contribution in [0.3, 0.4) is 0 Å². The van der Waals surface area contributed by atoms with Crippen LogP contribution in [-0.4, -0.2) is 17.1 Å². The minimum absolute atomic E-state index is 0.215. The summed E-state index contributed by atoms with van der Waals surface area (Å²) in [5.74, 6) is 0.794. The van der Waals surface area contributed by atoms with Crippen LogP contribution in [0.15, 0.2) is 47.3 Å². The van der Waals surface area contributed by atoms with Gasteiger partial charge in [-0.15, -0.1) is 11.6 Å². The summed E-state index contributed by atoms with van der Waals surface area (Å²) in [5, 5.41) is -0.274. The average molecular weight is 289 g/mol. The van der Waals surface area contributed by atoms with Crippen molar-refractivity contribution in [3.05, 3.63) is 64.1 Å². The van der Waals surface area contributed by atoms with Gasteiger partial charge in [0.25, 0.3) is 0 Å². The Labute approximate surface area is 120 Å². The van der Waals surface area contributed by atoms with Crippen LogP contribution in [0.2, 0.25) is 0 Å². The predicted molar refractivity (Wildman–Crippen MR) is 79.6 cm³/mol. The largest absolute Gasteiger partial charge is 0.497 e. The number of imidazole rings is 1. The van der Waals surface area contributed by atoms with Crippen LogP contribution >= 0.6 is 11.6 Å². The Morgan fingerprint density at radius 3 is 2.35 bits per heavy atom. The standard InChI is InChI=1S/C15H13ClN2O2/c1-20-11-5-2-9(3-6-11)14(16)10-4-7-12-13(8-10)18-15(19)17-12/h2-8,14H,1H3,(H2,17,18,19). The van der Waals surface area contributed by atoms with Crippen LogP contribution in [-0.2, 0) is 0 Å². The Morgan fingerprint density at radius 2 is 1.65 bits per heavy atom. The molecular weight excluding hydrogens is 276 g/mol. The molecular formula is C15H13ClN2O2. The Morgan fingerprint density at radius 1 is 1.00 bits per heavy atom. The molecule has 1 atom stereocenters. The maximum absolute atomic E-state index is 11.3. The third kappa shape index (κ3) is 2.30. The van der Waals surface area contributed by atoms with E-state index in [0.717, 1.165) is 27.9 Å². The number of fused-ring (bicyclic) bond motifs is 1. The lowest BCUT2D eigenvalue weighted by Gasteiger charge is -2.11. The van der Waals surface area contributed by atoms with E-state index in [1.54, 1.807) is 7.11 Å². The lowest BCUT2D eigenvalue weighted by Crippen LogP contribution is -1.99. The minimum Gasteiger partial charge on any atom is -0.497 e. The summed E-state index contributed by atoms with van der Waals surface area (Å²) in [4.78, 5) is 16.7. The molecule has 0 bridgehead atoms. The van der Waals surface area contributed by atoms with Gasteiger partial charge in [0.05, 0.1) is 23.5 Å². The van der Waals surface area contributed by atoms with Gasteiger partial charge in [0, 0.05) is 0 Å². The summed E-state index contributed by atoms with van der Waals surface area (Å²) in [5.41, 5.74) is 3.22. The first-order valence-electron chi connectivity index (χ1n) is 6.17. The average Bonchev–Trinajstić information content (AvgIpc) is 2.85. The number of benzene rings is 2. The third-order valence-corrected chi connectivity index (χ3v) is 3.75. The van der Waals surface area contributed by atoms with Crippen molar-refractivity contribution in [2.75, 3.05) is 7.11 Å². The van der Waals surface area contributed by atoms with E-state index in [1.807, 2.05) is 42.5 Å². The predicted octanol–water partition coefficient (Wildman–Crippen LogP) is 3.19. The second kappa shape index (κ2) is 5.06. The lowest BCUT2D eigenvalue weighted by atomic mass is 10.0. The number of halogens is 1. The number of rotatable bonds is 3. The van der Waals surface area contributed by atoms with Gasteiger partial charge in [-0.25, -0.2) is 4.79 Å². The third-order valence-electron chi connectivity index (χ3n) is 3.24. The molecule has 0 aliphatic rings. The molecule has 0 amide bonds. The van der Waals surface area contributed by atoms with Gasteiger partial charge < -0.3 is 14.7 Å². The van der Waals surface area contributed by atoms with Crippen molar-refractivity contribution in [2.45, 2.75) is 5.38 Å². The van der Waals surface area contributed by atoms with Crippen LogP contribution in [0, 0.1) is 0 Å². The van der Waals surface area contributed by atoms with Crippen molar-refractivity contribution in [1.82, 2.24) is 9.97 Å². The molecule has 0 aliphatic heterocycles. The van der Waals surface area contributed by atoms with Crippen molar-refractivity contribution in [3.8, 4) is 5.75 Å². The number of alkyl halides is 1. The van der Waals surface area contributed by atoms with Crippen LogP contribution in [0.25, 0.3) is 11.0 Å². The molecule has 0 saturated heterocycles. The molecule has 102 valence electrons.